The van der Waals surface area contributed by atoms with Gasteiger partial charge in [0.05, 0.1) is 18.2 Å². The van der Waals surface area contributed by atoms with E-state index in [0.717, 1.165) is 0 Å². The van der Waals surface area contributed by atoms with Crippen molar-refractivity contribution in [3.8, 4) is 0 Å². The Morgan fingerprint density at radius 2 is 1.79 bits per heavy atom. The van der Waals surface area contributed by atoms with Crippen LogP contribution in [-0.4, -0.2) is 50.4 Å². The first-order valence-corrected chi connectivity index (χ1v) is 12.2. The minimum atomic E-state index is -1.06. The molecular formula is C28H30N6O4. The summed E-state index contributed by atoms with van der Waals surface area (Å²) in [7, 11) is 1.29. The van der Waals surface area contributed by atoms with Crippen LogP contribution < -0.4 is 10.2 Å². The fraction of sp³-hybridized carbons (Fsp3) is 0.286. The molecule has 4 rings (SSSR count). The molecule has 0 spiro atoms. The molecule has 0 aliphatic carbocycles. The number of amides is 2. The minimum absolute atomic E-state index is 0.186. The van der Waals surface area contributed by atoms with Crippen LogP contribution in [0.2, 0.25) is 0 Å². The lowest BCUT2D eigenvalue weighted by atomic mass is 9.98. The zero-order valence-electron chi connectivity index (χ0n) is 21.8. The van der Waals surface area contributed by atoms with Crippen molar-refractivity contribution < 1.29 is 19.1 Å². The third kappa shape index (κ3) is 5.69. The summed E-state index contributed by atoms with van der Waals surface area (Å²) in [6.07, 6.45) is 3.82. The maximum absolute atomic E-state index is 14.1. The Labute approximate surface area is 220 Å². The molecule has 10 nitrogen and oxygen atoms in total. The van der Waals surface area contributed by atoms with Crippen molar-refractivity contribution in [1.29, 1.82) is 0 Å². The number of ether oxygens (including phenoxy) is 1. The minimum Gasteiger partial charge on any atom is -0.465 e. The van der Waals surface area contributed by atoms with Crippen LogP contribution >= 0.6 is 0 Å². The highest BCUT2D eigenvalue weighted by Gasteiger charge is 2.35. The molecule has 196 valence electrons. The number of aromatic nitrogens is 4. The molecule has 1 unspecified atom stereocenters. The number of pyridine rings is 1. The summed E-state index contributed by atoms with van der Waals surface area (Å²) < 4.78 is 6.38. The second-order valence-electron chi connectivity index (χ2n) is 9.45. The maximum atomic E-state index is 14.1. The molecule has 0 bridgehead atoms. The van der Waals surface area contributed by atoms with Gasteiger partial charge in [0.25, 0.3) is 0 Å². The largest absolute Gasteiger partial charge is 0.465 e. The van der Waals surface area contributed by atoms with Crippen molar-refractivity contribution in [2.75, 3.05) is 12.0 Å². The normalized spacial score (nSPS) is 12.1. The number of benzene rings is 2. The Balaban J connectivity index is 1.84. The Morgan fingerprint density at radius 3 is 2.50 bits per heavy atom. The number of carbonyl (C=O) groups excluding carboxylic acids is 3. The average Bonchev–Trinajstić information content (AvgIpc) is 3.33. The number of hydrogen-bond donors (Lipinski definition) is 1. The van der Waals surface area contributed by atoms with E-state index in [1.807, 2.05) is 39.0 Å². The van der Waals surface area contributed by atoms with Gasteiger partial charge in [-0.3, -0.25) is 19.5 Å². The second kappa shape index (κ2) is 11.2. The lowest BCUT2D eigenvalue weighted by molar-refractivity contribution is -0.128. The molecule has 2 aromatic carbocycles. The maximum Gasteiger partial charge on any atom is 0.337 e. The van der Waals surface area contributed by atoms with Gasteiger partial charge < -0.3 is 10.1 Å². The molecule has 4 aromatic rings. The van der Waals surface area contributed by atoms with Crippen LogP contribution in [0.25, 0.3) is 11.0 Å². The van der Waals surface area contributed by atoms with E-state index in [-0.39, 0.29) is 18.0 Å². The van der Waals surface area contributed by atoms with E-state index in [1.165, 1.54) is 22.8 Å². The smallest absolute Gasteiger partial charge is 0.337 e. The number of methoxy groups -OCH3 is 1. The summed E-state index contributed by atoms with van der Waals surface area (Å²) in [6.45, 7) is 5.62. The SMILES string of the molecule is CCC(C)(C)NC(=O)C(c1ccncc1)N(C(=O)Cn1nnc2ccccc21)c1cccc(C(=O)OC)c1. The van der Waals surface area contributed by atoms with E-state index in [1.54, 1.807) is 48.8 Å². The van der Waals surface area contributed by atoms with Crippen molar-refractivity contribution in [1.82, 2.24) is 25.3 Å². The van der Waals surface area contributed by atoms with Gasteiger partial charge >= 0.3 is 5.97 Å². The summed E-state index contributed by atoms with van der Waals surface area (Å²) in [5.41, 5.74) is 1.97. The second-order valence-corrected chi connectivity index (χ2v) is 9.45. The van der Waals surface area contributed by atoms with Crippen LogP contribution in [0.1, 0.15) is 49.2 Å². The van der Waals surface area contributed by atoms with Gasteiger partial charge in [0.1, 0.15) is 18.1 Å². The van der Waals surface area contributed by atoms with E-state index in [4.69, 9.17) is 4.74 Å². The van der Waals surface area contributed by atoms with E-state index >= 15 is 0 Å². The van der Waals surface area contributed by atoms with Crippen molar-refractivity contribution >= 4 is 34.5 Å². The van der Waals surface area contributed by atoms with E-state index in [2.05, 4.69) is 20.6 Å². The van der Waals surface area contributed by atoms with Crippen LogP contribution in [0.5, 0.6) is 0 Å². The standard InChI is InChI=1S/C28H30N6O4/c1-5-28(2,3)30-26(36)25(19-13-15-29-16-14-19)34(21-10-8-9-20(17-21)27(37)38-4)24(35)18-33-23-12-7-6-11-22(23)31-32-33/h6-17,25H,5,18H2,1-4H3,(H,30,36). The molecule has 1 N–H and O–H groups in total. The Kier molecular flexibility index (Phi) is 7.80. The number of nitrogens with zero attached hydrogens (tertiary/aromatic N) is 5. The highest BCUT2D eigenvalue weighted by Crippen LogP contribution is 2.30. The van der Waals surface area contributed by atoms with Crippen LogP contribution in [0.4, 0.5) is 5.69 Å². The van der Waals surface area contributed by atoms with Gasteiger partial charge in [-0.05, 0) is 68.3 Å². The van der Waals surface area contributed by atoms with Gasteiger partial charge in [0, 0.05) is 23.6 Å². The quantitative estimate of drug-likeness (QED) is 0.338. The van der Waals surface area contributed by atoms with Gasteiger partial charge in [-0.2, -0.15) is 0 Å². The first-order chi connectivity index (χ1) is 18.2. The van der Waals surface area contributed by atoms with E-state index in [9.17, 15) is 14.4 Å². The van der Waals surface area contributed by atoms with Crippen molar-refractivity contribution in [3.63, 3.8) is 0 Å². The number of anilines is 1. The summed E-state index contributed by atoms with van der Waals surface area (Å²) in [6, 6.07) is 16.1. The number of hydrogen-bond acceptors (Lipinski definition) is 7. The van der Waals surface area contributed by atoms with E-state index in [0.29, 0.717) is 28.7 Å². The molecular weight excluding hydrogens is 484 g/mol. The molecule has 2 amide bonds. The predicted molar refractivity (Wildman–Crippen MR) is 142 cm³/mol. The average molecular weight is 515 g/mol. The summed E-state index contributed by atoms with van der Waals surface area (Å²) in [5.74, 6) is -1.35. The number of para-hydroxylation sites is 1. The lowest BCUT2D eigenvalue weighted by Gasteiger charge is -2.34. The molecule has 38 heavy (non-hydrogen) atoms. The molecule has 0 saturated heterocycles. The predicted octanol–water partition coefficient (Wildman–Crippen LogP) is 3.69. The monoisotopic (exact) mass is 514 g/mol. The topological polar surface area (TPSA) is 119 Å². The van der Waals surface area contributed by atoms with Crippen LogP contribution in [-0.2, 0) is 20.9 Å². The van der Waals surface area contributed by atoms with E-state index < -0.39 is 23.5 Å². The Hall–Kier alpha value is -4.60. The number of esters is 1. The highest BCUT2D eigenvalue weighted by atomic mass is 16.5. The van der Waals surface area contributed by atoms with Crippen LogP contribution in [0, 0.1) is 0 Å². The number of rotatable bonds is 9. The summed E-state index contributed by atoms with van der Waals surface area (Å²) in [4.78, 5) is 45.8. The molecule has 2 heterocycles. The summed E-state index contributed by atoms with van der Waals surface area (Å²) in [5, 5.41) is 11.4. The van der Waals surface area contributed by atoms with Gasteiger partial charge in [-0.1, -0.05) is 30.3 Å². The number of fused-ring (bicyclic) bond motifs is 1. The third-order valence-electron chi connectivity index (χ3n) is 6.39. The van der Waals surface area contributed by atoms with Gasteiger partial charge in [0.15, 0.2) is 0 Å². The highest BCUT2D eigenvalue weighted by molar-refractivity contribution is 6.02. The molecule has 0 radical (unpaired) electrons. The zero-order chi connectivity index (χ0) is 27.3. The van der Waals surface area contributed by atoms with Crippen molar-refractivity contribution in [3.05, 3.63) is 84.2 Å². The van der Waals surface area contributed by atoms with Gasteiger partial charge in [0.2, 0.25) is 11.8 Å². The van der Waals surface area contributed by atoms with Crippen molar-refractivity contribution in [2.24, 2.45) is 0 Å². The number of carbonyl (C=O) groups is 3. The first kappa shape index (κ1) is 26.5. The molecule has 0 aliphatic heterocycles. The lowest BCUT2D eigenvalue weighted by Crippen LogP contribution is -2.51. The Bertz CT molecular complexity index is 1450. The van der Waals surface area contributed by atoms with Crippen molar-refractivity contribution in [2.45, 2.75) is 45.3 Å². The number of nitrogens with one attached hydrogen (secondary N) is 1. The third-order valence-corrected chi connectivity index (χ3v) is 6.39. The first-order valence-electron chi connectivity index (χ1n) is 12.2. The fourth-order valence-corrected chi connectivity index (χ4v) is 4.03. The molecule has 10 heteroatoms. The van der Waals surface area contributed by atoms with Gasteiger partial charge in [-0.15, -0.1) is 5.10 Å². The van der Waals surface area contributed by atoms with Crippen LogP contribution in [0.3, 0.4) is 0 Å². The molecule has 1 atom stereocenters. The van der Waals surface area contributed by atoms with Gasteiger partial charge in [-0.25, -0.2) is 9.48 Å². The molecule has 2 aromatic heterocycles. The zero-order valence-corrected chi connectivity index (χ0v) is 21.8. The molecule has 0 saturated carbocycles. The fourth-order valence-electron chi connectivity index (χ4n) is 4.03. The van der Waals surface area contributed by atoms with Crippen LogP contribution in [0.15, 0.2) is 73.1 Å². The Morgan fingerprint density at radius 1 is 1.05 bits per heavy atom. The molecule has 0 aliphatic rings. The summed E-state index contributed by atoms with van der Waals surface area (Å²) >= 11 is 0. The molecule has 0 fully saturated rings.